The van der Waals surface area contributed by atoms with Gasteiger partial charge in [0.2, 0.25) is 0 Å². The second-order valence-corrected chi connectivity index (χ2v) is 3.47. The van der Waals surface area contributed by atoms with Gasteiger partial charge in [-0.3, -0.25) is 0 Å². The van der Waals surface area contributed by atoms with Crippen LogP contribution in [0.3, 0.4) is 0 Å². The molecule has 1 aromatic carbocycles. The highest BCUT2D eigenvalue weighted by Gasteiger charge is 2.31. The lowest BCUT2D eigenvalue weighted by Gasteiger charge is -2.12. The fourth-order valence-electron chi connectivity index (χ4n) is 1.10. The molecule has 0 radical (unpaired) electrons. The van der Waals surface area contributed by atoms with Gasteiger partial charge in [0.15, 0.2) is 0 Å². The van der Waals surface area contributed by atoms with Crippen molar-refractivity contribution in [3.63, 3.8) is 0 Å². The van der Waals surface area contributed by atoms with E-state index in [0.717, 1.165) is 12.1 Å². The number of benzene rings is 1. The maximum Gasteiger partial charge on any atom is 0.416 e. The molecule has 1 rings (SSSR count). The average molecular weight is 236 g/mol. The van der Waals surface area contributed by atoms with Crippen molar-refractivity contribution in [2.45, 2.75) is 12.2 Å². The molecule has 0 spiro atoms. The number of hydrogen-bond acceptors (Lipinski definition) is 1. The van der Waals surface area contributed by atoms with E-state index in [0.29, 0.717) is 5.56 Å². The summed E-state index contributed by atoms with van der Waals surface area (Å²) in [7, 11) is 0. The van der Waals surface area contributed by atoms with Gasteiger partial charge in [0.1, 0.15) is 0 Å². The summed E-state index contributed by atoms with van der Waals surface area (Å²) in [5.74, 6) is 0. The first-order valence-corrected chi connectivity index (χ1v) is 4.48. The van der Waals surface area contributed by atoms with Crippen LogP contribution in [0.1, 0.15) is 17.2 Å². The second kappa shape index (κ2) is 4.24. The van der Waals surface area contributed by atoms with E-state index in [4.69, 9.17) is 17.3 Å². The molecule has 0 saturated carbocycles. The summed E-state index contributed by atoms with van der Waals surface area (Å²) in [6, 6.07) is 2.58. The average Bonchev–Trinajstić information content (AvgIpc) is 2.14. The molecule has 0 fully saturated rings. The van der Waals surface area contributed by atoms with Gasteiger partial charge in [-0.25, -0.2) is 0 Å². The Morgan fingerprint density at radius 2 is 1.93 bits per heavy atom. The minimum absolute atomic E-state index is 0.0112. The van der Waals surface area contributed by atoms with Crippen LogP contribution in [0.2, 0.25) is 5.02 Å². The largest absolute Gasteiger partial charge is 0.416 e. The van der Waals surface area contributed by atoms with Gasteiger partial charge in [0, 0.05) is 11.1 Å². The minimum Gasteiger partial charge on any atom is -0.321 e. The first kappa shape index (κ1) is 12.1. The quantitative estimate of drug-likeness (QED) is 0.780. The smallest absolute Gasteiger partial charge is 0.321 e. The highest BCUT2D eigenvalue weighted by molar-refractivity contribution is 6.30. The highest BCUT2D eigenvalue weighted by Crippen LogP contribution is 2.33. The van der Waals surface area contributed by atoms with Crippen molar-refractivity contribution in [2.75, 3.05) is 0 Å². The number of halogens is 4. The first-order chi connectivity index (χ1) is 6.84. The van der Waals surface area contributed by atoms with Crippen LogP contribution >= 0.6 is 11.6 Å². The monoisotopic (exact) mass is 235 g/mol. The third-order valence-corrected chi connectivity index (χ3v) is 2.10. The normalized spacial score (nSPS) is 13.7. The van der Waals surface area contributed by atoms with E-state index in [1.807, 2.05) is 0 Å². The van der Waals surface area contributed by atoms with E-state index in [1.54, 1.807) is 0 Å². The summed E-state index contributed by atoms with van der Waals surface area (Å²) in [5, 5.41) is 0.0112. The van der Waals surface area contributed by atoms with Crippen LogP contribution in [0.4, 0.5) is 13.2 Å². The first-order valence-electron chi connectivity index (χ1n) is 4.10. The van der Waals surface area contributed by atoms with Crippen molar-refractivity contribution in [3.8, 4) is 0 Å². The summed E-state index contributed by atoms with van der Waals surface area (Å²) in [5.41, 5.74) is 5.02. The van der Waals surface area contributed by atoms with Crippen LogP contribution in [0.25, 0.3) is 0 Å². The molecule has 82 valence electrons. The van der Waals surface area contributed by atoms with Crippen molar-refractivity contribution in [1.82, 2.24) is 0 Å². The van der Waals surface area contributed by atoms with Gasteiger partial charge in [-0.2, -0.15) is 13.2 Å². The van der Waals surface area contributed by atoms with Crippen LogP contribution in [0, 0.1) is 0 Å². The van der Waals surface area contributed by atoms with Crippen LogP contribution in [-0.4, -0.2) is 0 Å². The molecule has 0 saturated heterocycles. The molecule has 0 unspecified atom stereocenters. The minimum atomic E-state index is -4.42. The Labute approximate surface area is 90.3 Å². The van der Waals surface area contributed by atoms with E-state index in [2.05, 4.69) is 6.58 Å². The Kier molecular flexibility index (Phi) is 3.42. The van der Waals surface area contributed by atoms with Crippen molar-refractivity contribution >= 4 is 11.6 Å². The fraction of sp³-hybridized carbons (Fsp3) is 0.200. The molecule has 15 heavy (non-hydrogen) atoms. The predicted molar refractivity (Wildman–Crippen MR) is 53.6 cm³/mol. The summed E-state index contributed by atoms with van der Waals surface area (Å²) in [6.07, 6.45) is -3.06. The molecule has 0 amide bonds. The van der Waals surface area contributed by atoms with E-state index < -0.39 is 17.8 Å². The van der Waals surface area contributed by atoms with Gasteiger partial charge in [-0.1, -0.05) is 17.7 Å². The zero-order valence-electron chi connectivity index (χ0n) is 7.68. The molecule has 0 bridgehead atoms. The summed E-state index contributed by atoms with van der Waals surface area (Å²) in [6.45, 7) is 3.41. The highest BCUT2D eigenvalue weighted by atomic mass is 35.5. The van der Waals surface area contributed by atoms with E-state index in [-0.39, 0.29) is 5.02 Å². The van der Waals surface area contributed by atoms with E-state index in [1.165, 1.54) is 12.1 Å². The molecular formula is C10H9ClF3N. The Morgan fingerprint density at radius 1 is 1.33 bits per heavy atom. The number of nitrogens with two attached hydrogens (primary N) is 1. The van der Waals surface area contributed by atoms with E-state index in [9.17, 15) is 13.2 Å². The van der Waals surface area contributed by atoms with Gasteiger partial charge >= 0.3 is 6.18 Å². The summed E-state index contributed by atoms with van der Waals surface area (Å²) >= 11 is 5.57. The third-order valence-electron chi connectivity index (χ3n) is 1.89. The lowest BCUT2D eigenvalue weighted by molar-refractivity contribution is -0.137. The lowest BCUT2D eigenvalue weighted by Crippen LogP contribution is -2.10. The topological polar surface area (TPSA) is 26.0 Å². The van der Waals surface area contributed by atoms with Crippen molar-refractivity contribution < 1.29 is 13.2 Å². The summed E-state index contributed by atoms with van der Waals surface area (Å²) in [4.78, 5) is 0. The van der Waals surface area contributed by atoms with Crippen LogP contribution in [0.5, 0.6) is 0 Å². The molecule has 0 aromatic heterocycles. The van der Waals surface area contributed by atoms with Crippen LogP contribution in [0.15, 0.2) is 30.9 Å². The molecule has 0 aliphatic carbocycles. The molecular weight excluding hydrogens is 227 g/mol. The Hall–Kier alpha value is -1.00. The number of hydrogen-bond donors (Lipinski definition) is 1. The molecule has 1 nitrogen and oxygen atoms in total. The molecule has 1 atom stereocenters. The number of rotatable bonds is 2. The van der Waals surface area contributed by atoms with Gasteiger partial charge < -0.3 is 5.73 Å². The van der Waals surface area contributed by atoms with Crippen LogP contribution < -0.4 is 5.73 Å². The van der Waals surface area contributed by atoms with E-state index >= 15 is 0 Å². The zero-order chi connectivity index (χ0) is 11.6. The van der Waals surface area contributed by atoms with Gasteiger partial charge in [0.25, 0.3) is 0 Å². The number of alkyl halides is 3. The molecule has 0 aliphatic heterocycles. The van der Waals surface area contributed by atoms with Crippen molar-refractivity contribution in [3.05, 3.63) is 47.0 Å². The van der Waals surface area contributed by atoms with Crippen LogP contribution in [-0.2, 0) is 6.18 Å². The zero-order valence-corrected chi connectivity index (χ0v) is 8.44. The van der Waals surface area contributed by atoms with Crippen molar-refractivity contribution in [1.29, 1.82) is 0 Å². The Morgan fingerprint density at radius 3 is 2.40 bits per heavy atom. The van der Waals surface area contributed by atoms with Gasteiger partial charge in [0.05, 0.1) is 5.56 Å². The molecule has 5 heteroatoms. The van der Waals surface area contributed by atoms with Gasteiger partial charge in [-0.05, 0) is 23.8 Å². The fourth-order valence-corrected chi connectivity index (χ4v) is 1.35. The SMILES string of the molecule is C=C[C@@H](N)c1cc(Cl)cc(C(F)(F)F)c1. The lowest BCUT2D eigenvalue weighted by atomic mass is 10.0. The molecule has 0 aliphatic rings. The maximum atomic E-state index is 12.4. The standard InChI is InChI=1S/C10H9ClF3N/c1-2-9(15)6-3-7(10(12,13)14)5-8(11)4-6/h2-5,9H,1,15H2/t9-/m1/s1. The van der Waals surface area contributed by atoms with Crippen molar-refractivity contribution in [2.24, 2.45) is 5.73 Å². The summed E-state index contributed by atoms with van der Waals surface area (Å²) < 4.78 is 37.2. The van der Waals surface area contributed by atoms with Gasteiger partial charge in [-0.15, -0.1) is 6.58 Å². The Bertz CT molecular complexity index is 373. The maximum absolute atomic E-state index is 12.4. The Balaban J connectivity index is 3.22. The molecule has 1 aromatic rings. The second-order valence-electron chi connectivity index (χ2n) is 3.03. The molecule has 2 N–H and O–H groups in total. The molecule has 0 heterocycles. The third kappa shape index (κ3) is 2.97. The predicted octanol–water partition coefficient (Wildman–Crippen LogP) is 3.54.